The fourth-order valence-electron chi connectivity index (χ4n) is 2.14. The highest BCUT2D eigenvalue weighted by atomic mass is 16.2. The highest BCUT2D eigenvalue weighted by molar-refractivity contribution is 5.78. The molecule has 0 unspecified atom stereocenters. The summed E-state index contributed by atoms with van der Waals surface area (Å²) in [5, 5.41) is 3.45. The van der Waals surface area contributed by atoms with Gasteiger partial charge in [0.2, 0.25) is 5.91 Å². The molecule has 0 spiro atoms. The molecule has 5 nitrogen and oxygen atoms in total. The molecule has 0 saturated carbocycles. The Balaban J connectivity index is 2.20. The second-order valence-electron chi connectivity index (χ2n) is 4.78. The van der Waals surface area contributed by atoms with Gasteiger partial charge in [-0.15, -0.1) is 0 Å². The molecule has 1 amide bonds. The molecule has 0 atom stereocenters. The summed E-state index contributed by atoms with van der Waals surface area (Å²) in [4.78, 5) is 28.4. The Labute approximate surface area is 117 Å². The van der Waals surface area contributed by atoms with E-state index in [0.717, 1.165) is 12.8 Å². The normalized spacial score (nSPS) is 10.9. The van der Waals surface area contributed by atoms with Crippen molar-refractivity contribution < 1.29 is 4.79 Å². The molecule has 1 heterocycles. The van der Waals surface area contributed by atoms with Crippen molar-refractivity contribution in [1.29, 1.82) is 0 Å². The Hall–Kier alpha value is -2.17. The number of para-hydroxylation sites is 1. The van der Waals surface area contributed by atoms with Crippen LogP contribution in [0.1, 0.15) is 26.7 Å². The number of nitrogens with one attached hydrogen (secondary N) is 1. The Kier molecular flexibility index (Phi) is 4.50. The molecule has 1 aromatic carbocycles. The van der Waals surface area contributed by atoms with Crippen LogP contribution in [-0.4, -0.2) is 21.5 Å². The lowest BCUT2D eigenvalue weighted by molar-refractivity contribution is -0.122. The van der Waals surface area contributed by atoms with E-state index in [9.17, 15) is 9.59 Å². The maximum Gasteiger partial charge on any atom is 0.261 e. The van der Waals surface area contributed by atoms with Crippen LogP contribution in [0.25, 0.3) is 10.9 Å². The van der Waals surface area contributed by atoms with Gasteiger partial charge in [0, 0.05) is 6.04 Å². The first kappa shape index (κ1) is 14.2. The second kappa shape index (κ2) is 6.32. The zero-order chi connectivity index (χ0) is 14.5. The van der Waals surface area contributed by atoms with Gasteiger partial charge in [-0.3, -0.25) is 14.2 Å². The fraction of sp³-hybridized carbons (Fsp3) is 0.400. The summed E-state index contributed by atoms with van der Waals surface area (Å²) >= 11 is 0. The lowest BCUT2D eigenvalue weighted by Crippen LogP contribution is -2.38. The predicted octanol–water partition coefficient (Wildman–Crippen LogP) is 1.70. The molecule has 5 heteroatoms. The number of nitrogens with zero attached hydrogens (tertiary/aromatic N) is 2. The van der Waals surface area contributed by atoms with Crippen LogP contribution in [0, 0.1) is 0 Å². The van der Waals surface area contributed by atoms with Crippen molar-refractivity contribution in [3.63, 3.8) is 0 Å². The first-order chi connectivity index (χ1) is 9.65. The summed E-state index contributed by atoms with van der Waals surface area (Å²) in [6, 6.07) is 7.29. The van der Waals surface area contributed by atoms with Crippen molar-refractivity contribution >= 4 is 16.8 Å². The molecule has 0 fully saturated rings. The van der Waals surface area contributed by atoms with Crippen LogP contribution < -0.4 is 10.9 Å². The third-order valence-corrected chi connectivity index (χ3v) is 3.40. The summed E-state index contributed by atoms with van der Waals surface area (Å²) in [6.07, 6.45) is 3.19. The Morgan fingerprint density at radius 3 is 2.70 bits per heavy atom. The number of rotatable bonds is 5. The first-order valence-corrected chi connectivity index (χ1v) is 6.89. The van der Waals surface area contributed by atoms with E-state index >= 15 is 0 Å². The second-order valence-corrected chi connectivity index (χ2v) is 4.78. The van der Waals surface area contributed by atoms with Gasteiger partial charge in [0.15, 0.2) is 0 Å². The zero-order valence-corrected chi connectivity index (χ0v) is 11.8. The van der Waals surface area contributed by atoms with E-state index in [2.05, 4.69) is 10.3 Å². The summed E-state index contributed by atoms with van der Waals surface area (Å²) in [7, 11) is 0. The Bertz CT molecular complexity index is 659. The van der Waals surface area contributed by atoms with Gasteiger partial charge in [-0.1, -0.05) is 26.0 Å². The molecule has 0 bridgehead atoms. The lowest BCUT2D eigenvalue weighted by Gasteiger charge is -2.15. The van der Waals surface area contributed by atoms with Crippen molar-refractivity contribution in [3.05, 3.63) is 40.9 Å². The predicted molar refractivity (Wildman–Crippen MR) is 78.5 cm³/mol. The summed E-state index contributed by atoms with van der Waals surface area (Å²) in [6.45, 7) is 4.06. The number of aromatic nitrogens is 2. The topological polar surface area (TPSA) is 64.0 Å². The van der Waals surface area contributed by atoms with Gasteiger partial charge in [0.1, 0.15) is 6.54 Å². The molecule has 2 aromatic rings. The highest BCUT2D eigenvalue weighted by Gasteiger charge is 2.11. The van der Waals surface area contributed by atoms with E-state index in [4.69, 9.17) is 0 Å². The maximum atomic E-state index is 12.2. The van der Waals surface area contributed by atoms with Crippen LogP contribution in [0.3, 0.4) is 0 Å². The monoisotopic (exact) mass is 273 g/mol. The third-order valence-electron chi connectivity index (χ3n) is 3.40. The van der Waals surface area contributed by atoms with Gasteiger partial charge in [-0.2, -0.15) is 0 Å². The van der Waals surface area contributed by atoms with Crippen LogP contribution in [-0.2, 0) is 11.3 Å². The standard InChI is InChI=1S/C15H19N3O2/c1-3-11(4-2)17-14(19)9-18-10-16-13-8-6-5-7-12(13)15(18)20/h5-8,10-11H,3-4,9H2,1-2H3,(H,17,19). The van der Waals surface area contributed by atoms with Gasteiger partial charge in [-0.05, 0) is 25.0 Å². The van der Waals surface area contributed by atoms with Crippen LogP contribution in [0.2, 0.25) is 0 Å². The smallest absolute Gasteiger partial charge is 0.261 e. The average molecular weight is 273 g/mol. The van der Waals surface area contributed by atoms with E-state index in [1.807, 2.05) is 19.9 Å². The molecular weight excluding hydrogens is 254 g/mol. The van der Waals surface area contributed by atoms with Crippen molar-refractivity contribution in [3.8, 4) is 0 Å². The number of carbonyl (C=O) groups is 1. The number of carbonyl (C=O) groups excluding carboxylic acids is 1. The molecule has 0 aliphatic rings. The Morgan fingerprint density at radius 2 is 2.00 bits per heavy atom. The van der Waals surface area contributed by atoms with Crippen molar-refractivity contribution in [2.75, 3.05) is 0 Å². The van der Waals surface area contributed by atoms with Crippen molar-refractivity contribution in [1.82, 2.24) is 14.9 Å². The fourth-order valence-corrected chi connectivity index (χ4v) is 2.14. The number of amides is 1. The molecule has 2 rings (SSSR count). The van der Waals surface area contributed by atoms with E-state index < -0.39 is 0 Å². The number of hydrogen-bond acceptors (Lipinski definition) is 3. The quantitative estimate of drug-likeness (QED) is 0.901. The molecule has 1 aromatic heterocycles. The van der Waals surface area contributed by atoms with E-state index in [0.29, 0.717) is 10.9 Å². The summed E-state index contributed by atoms with van der Waals surface area (Å²) in [5.74, 6) is -0.155. The molecule has 0 aliphatic carbocycles. The minimum atomic E-state index is -0.185. The minimum Gasteiger partial charge on any atom is -0.352 e. The van der Waals surface area contributed by atoms with Crippen molar-refractivity contribution in [2.24, 2.45) is 0 Å². The number of fused-ring (bicyclic) bond motifs is 1. The van der Waals surface area contributed by atoms with E-state index in [1.54, 1.807) is 18.2 Å². The zero-order valence-electron chi connectivity index (χ0n) is 11.8. The van der Waals surface area contributed by atoms with Crippen LogP contribution in [0.5, 0.6) is 0 Å². The van der Waals surface area contributed by atoms with Gasteiger partial charge < -0.3 is 5.32 Å². The summed E-state index contributed by atoms with van der Waals surface area (Å²) in [5.41, 5.74) is 0.462. The lowest BCUT2D eigenvalue weighted by atomic mass is 10.2. The molecule has 106 valence electrons. The molecule has 0 aliphatic heterocycles. The van der Waals surface area contributed by atoms with Crippen LogP contribution >= 0.6 is 0 Å². The third kappa shape index (κ3) is 3.04. The van der Waals surface area contributed by atoms with Crippen LogP contribution in [0.4, 0.5) is 0 Å². The largest absolute Gasteiger partial charge is 0.352 e. The average Bonchev–Trinajstić information content (AvgIpc) is 2.48. The maximum absolute atomic E-state index is 12.2. The highest BCUT2D eigenvalue weighted by Crippen LogP contribution is 2.04. The number of benzene rings is 1. The number of hydrogen-bond donors (Lipinski definition) is 1. The molecular formula is C15H19N3O2. The SMILES string of the molecule is CCC(CC)NC(=O)Cn1cnc2ccccc2c1=O. The minimum absolute atomic E-state index is 0.00711. The van der Waals surface area contributed by atoms with Crippen molar-refractivity contribution in [2.45, 2.75) is 39.3 Å². The first-order valence-electron chi connectivity index (χ1n) is 6.89. The summed E-state index contributed by atoms with van der Waals surface area (Å²) < 4.78 is 1.35. The van der Waals surface area contributed by atoms with Gasteiger partial charge in [0.05, 0.1) is 17.2 Å². The van der Waals surface area contributed by atoms with Gasteiger partial charge >= 0.3 is 0 Å². The van der Waals surface area contributed by atoms with Gasteiger partial charge in [-0.25, -0.2) is 4.98 Å². The Morgan fingerprint density at radius 1 is 1.30 bits per heavy atom. The molecule has 0 radical (unpaired) electrons. The molecule has 0 saturated heterocycles. The van der Waals surface area contributed by atoms with Gasteiger partial charge in [0.25, 0.3) is 5.56 Å². The molecule has 1 N–H and O–H groups in total. The van der Waals surface area contributed by atoms with E-state index in [-0.39, 0.29) is 24.1 Å². The van der Waals surface area contributed by atoms with Crippen LogP contribution in [0.15, 0.2) is 35.4 Å². The molecule has 20 heavy (non-hydrogen) atoms. The van der Waals surface area contributed by atoms with E-state index in [1.165, 1.54) is 10.9 Å².